The molecule has 3 rings (SSSR count). The molecule has 0 radical (unpaired) electrons. The van der Waals surface area contributed by atoms with Gasteiger partial charge in [0.25, 0.3) is 0 Å². The number of aliphatic hydroxyl groups is 15. The van der Waals surface area contributed by atoms with Gasteiger partial charge < -0.3 is 100 Å². The molecule has 5 unspecified atom stereocenters. The average Bonchev–Trinajstić information content (AvgIpc) is 3.04. The van der Waals surface area contributed by atoms with E-state index in [-0.39, 0.29) is 0 Å². The molecule has 0 aromatic heterocycles. The summed E-state index contributed by atoms with van der Waals surface area (Å²) in [5.74, 6) is -3.69. The summed E-state index contributed by atoms with van der Waals surface area (Å²) in [7, 11) is 0. The summed E-state index contributed by atoms with van der Waals surface area (Å²) in [5.41, 5.74) is 0. The largest absolute Gasteiger partial charge is 0.394 e. The van der Waals surface area contributed by atoms with Crippen molar-refractivity contribution in [2.24, 2.45) is 0 Å². The lowest BCUT2D eigenvalue weighted by Gasteiger charge is -2.42. The van der Waals surface area contributed by atoms with Gasteiger partial charge in [0.1, 0.15) is 91.6 Å². The average molecular weight is 681 g/mol. The van der Waals surface area contributed by atoms with Crippen LogP contribution in [0.2, 0.25) is 0 Å². The van der Waals surface area contributed by atoms with Crippen molar-refractivity contribution >= 4 is 11.6 Å². The number of aliphatic hydroxyl groups excluding tert-OH is 15. The summed E-state index contributed by atoms with van der Waals surface area (Å²) in [6, 6.07) is 0. The number of carbonyl (C=O) groups excluding carboxylic acids is 2. The van der Waals surface area contributed by atoms with Crippen molar-refractivity contribution in [3.05, 3.63) is 0 Å². The van der Waals surface area contributed by atoms with E-state index in [0.29, 0.717) is 0 Å². The minimum Gasteiger partial charge on any atom is -0.394 e. The first-order valence-electron chi connectivity index (χ1n) is 13.9. The van der Waals surface area contributed by atoms with Crippen molar-refractivity contribution in [3.63, 3.8) is 0 Å². The molecule has 15 N–H and O–H groups in total. The fraction of sp³-hybridized carbons (Fsp3) is 0.917. The molecule has 0 saturated carbocycles. The number of carbonyl (C=O) groups is 2. The second kappa shape index (κ2) is 16.3. The van der Waals surface area contributed by atoms with E-state index in [9.17, 15) is 86.2 Å². The third kappa shape index (κ3) is 8.21. The first-order valence-corrected chi connectivity index (χ1v) is 13.9. The number of ketones is 2. The lowest BCUT2D eigenvalue weighted by molar-refractivity contribution is -0.333. The first kappa shape index (κ1) is 39.0. The molecule has 0 bridgehead atoms. The monoisotopic (exact) mass is 680 g/mol. The van der Waals surface area contributed by atoms with Crippen LogP contribution in [0.15, 0.2) is 0 Å². The lowest BCUT2D eigenvalue weighted by Crippen LogP contribution is -2.62. The number of Topliss-reactive ketones (excluding diaryl/α,β-unsaturated/α-hetero) is 2. The Labute approximate surface area is 258 Å². The molecule has 268 valence electrons. The van der Waals surface area contributed by atoms with Crippen LogP contribution in [0.25, 0.3) is 0 Å². The number of hydrogen-bond acceptors (Lipinski definition) is 22. The van der Waals surface area contributed by atoms with E-state index in [1.807, 2.05) is 0 Å². The Kier molecular flexibility index (Phi) is 13.8. The summed E-state index contributed by atoms with van der Waals surface area (Å²) >= 11 is 0. The van der Waals surface area contributed by atoms with E-state index in [0.717, 1.165) is 0 Å². The van der Waals surface area contributed by atoms with Crippen molar-refractivity contribution in [3.8, 4) is 0 Å². The summed E-state index contributed by atoms with van der Waals surface area (Å²) in [6.45, 7) is -2.54. The Morgan fingerprint density at radius 1 is 0.587 bits per heavy atom. The molecule has 22 heteroatoms. The highest BCUT2D eigenvalue weighted by molar-refractivity contribution is 6.40. The van der Waals surface area contributed by atoms with Gasteiger partial charge in [0.05, 0.1) is 19.8 Å². The highest BCUT2D eigenvalue weighted by Gasteiger charge is 2.51. The van der Waals surface area contributed by atoms with E-state index in [4.69, 9.17) is 18.9 Å². The Morgan fingerprint density at radius 2 is 1.09 bits per heavy atom. The van der Waals surface area contributed by atoms with Crippen molar-refractivity contribution in [2.75, 3.05) is 19.8 Å². The number of rotatable bonds is 13. The Bertz CT molecular complexity index is 1000. The van der Waals surface area contributed by atoms with Crippen LogP contribution in [0, 0.1) is 0 Å². The maximum absolute atomic E-state index is 12.4. The standard InChI is InChI=1S/C24H40O22/c25-1-5-8(28)11(31)19(39)24(44-5)43-3-6-9(29)12(32)20(40)23(45-6)42-2-4(26)7(27)10(30)13(33)14(34)16(36)21-17(37)15(35)18(38)22(41)46-21/h4-13,15,17-33,35,37-41H,1-3H2/t4-,5-,6-,7-,8-,9-,10+,11+,12+,13-,15?,17?,18?,19-,20-,21?,22?,23+,24+/m1/s1. The zero-order chi connectivity index (χ0) is 34.8. The molecule has 3 aliphatic heterocycles. The molecule has 0 spiro atoms. The number of ether oxygens (including phenoxy) is 5. The van der Waals surface area contributed by atoms with Crippen molar-refractivity contribution in [2.45, 2.75) is 117 Å². The molecule has 3 aliphatic rings. The molecule has 3 fully saturated rings. The van der Waals surface area contributed by atoms with E-state index < -0.39 is 148 Å². The molecule has 3 heterocycles. The van der Waals surface area contributed by atoms with E-state index in [1.54, 1.807) is 0 Å². The summed E-state index contributed by atoms with van der Waals surface area (Å²) in [4.78, 5) is 24.8. The van der Waals surface area contributed by atoms with E-state index in [2.05, 4.69) is 4.74 Å². The van der Waals surface area contributed by atoms with Gasteiger partial charge in [-0.25, -0.2) is 0 Å². The SMILES string of the molecule is O=C(C(=O)[C@H](O)[C@@H](O)[C@H](O)[C@H](O)CO[C@H]1O[C@H](CO[C@H]2O[C@H](CO)[C@@H](O)[C@H](O)[C@H]2O)[C@@H](O)[C@H](O)[C@H]1O)C1OC(O)C(O)C(O)C1O. The summed E-state index contributed by atoms with van der Waals surface area (Å²) in [5, 5.41) is 149. The van der Waals surface area contributed by atoms with Crippen LogP contribution in [0.5, 0.6) is 0 Å². The fourth-order valence-electron chi connectivity index (χ4n) is 4.81. The van der Waals surface area contributed by atoms with Crippen LogP contribution >= 0.6 is 0 Å². The molecule has 0 aromatic rings. The van der Waals surface area contributed by atoms with Crippen LogP contribution in [-0.4, -0.2) is 225 Å². The van der Waals surface area contributed by atoms with Gasteiger partial charge in [-0.1, -0.05) is 0 Å². The quantitative estimate of drug-likeness (QED) is 0.0802. The summed E-state index contributed by atoms with van der Waals surface area (Å²) < 4.78 is 25.4. The van der Waals surface area contributed by atoms with Crippen molar-refractivity contribution < 1.29 is 110 Å². The van der Waals surface area contributed by atoms with Gasteiger partial charge in [-0.3, -0.25) is 9.59 Å². The zero-order valence-electron chi connectivity index (χ0n) is 23.7. The highest BCUT2D eigenvalue weighted by atomic mass is 16.7. The third-order valence-corrected chi connectivity index (χ3v) is 7.80. The van der Waals surface area contributed by atoms with Gasteiger partial charge in [0.15, 0.2) is 25.0 Å². The Balaban J connectivity index is 1.56. The molecule has 46 heavy (non-hydrogen) atoms. The zero-order valence-corrected chi connectivity index (χ0v) is 23.7. The second-order valence-electron chi connectivity index (χ2n) is 11.0. The van der Waals surface area contributed by atoms with Crippen LogP contribution in [-0.2, 0) is 33.3 Å². The molecule has 0 amide bonds. The summed E-state index contributed by atoms with van der Waals surface area (Å²) in [6.07, 6.45) is -38.6. The molecular weight excluding hydrogens is 640 g/mol. The third-order valence-electron chi connectivity index (χ3n) is 7.80. The van der Waals surface area contributed by atoms with Crippen molar-refractivity contribution in [1.82, 2.24) is 0 Å². The normalized spacial score (nSPS) is 44.6. The highest BCUT2D eigenvalue weighted by Crippen LogP contribution is 2.27. The maximum Gasteiger partial charge on any atom is 0.232 e. The minimum atomic E-state index is -2.77. The molecule has 3 saturated heterocycles. The first-order chi connectivity index (χ1) is 21.4. The van der Waals surface area contributed by atoms with Gasteiger partial charge in [0, 0.05) is 0 Å². The Hall–Kier alpha value is -1.46. The second-order valence-corrected chi connectivity index (χ2v) is 11.0. The van der Waals surface area contributed by atoms with Crippen LogP contribution in [0.1, 0.15) is 0 Å². The molecule has 0 aliphatic carbocycles. The van der Waals surface area contributed by atoms with Crippen molar-refractivity contribution in [1.29, 1.82) is 0 Å². The molecular formula is C24H40O22. The molecule has 19 atom stereocenters. The van der Waals surface area contributed by atoms with Gasteiger partial charge in [-0.15, -0.1) is 0 Å². The topological polar surface area (TPSA) is 384 Å². The maximum atomic E-state index is 12.4. The van der Waals surface area contributed by atoms with Crippen LogP contribution < -0.4 is 0 Å². The smallest absolute Gasteiger partial charge is 0.232 e. The van der Waals surface area contributed by atoms with E-state index in [1.165, 1.54) is 0 Å². The van der Waals surface area contributed by atoms with Gasteiger partial charge in [0.2, 0.25) is 11.6 Å². The lowest BCUT2D eigenvalue weighted by atomic mass is 9.91. The van der Waals surface area contributed by atoms with Gasteiger partial charge in [-0.05, 0) is 0 Å². The molecule has 22 nitrogen and oxygen atoms in total. The predicted molar refractivity (Wildman–Crippen MR) is 135 cm³/mol. The predicted octanol–water partition coefficient (Wildman–Crippen LogP) is -11.0. The minimum absolute atomic E-state index is 0.716. The van der Waals surface area contributed by atoms with Gasteiger partial charge >= 0.3 is 0 Å². The molecule has 0 aromatic carbocycles. The fourth-order valence-corrected chi connectivity index (χ4v) is 4.81. The number of hydrogen-bond donors (Lipinski definition) is 15. The van der Waals surface area contributed by atoms with Crippen LogP contribution in [0.4, 0.5) is 0 Å². The van der Waals surface area contributed by atoms with E-state index >= 15 is 0 Å². The Morgan fingerprint density at radius 3 is 1.65 bits per heavy atom. The van der Waals surface area contributed by atoms with Gasteiger partial charge in [-0.2, -0.15) is 0 Å². The van der Waals surface area contributed by atoms with Crippen LogP contribution in [0.3, 0.4) is 0 Å².